The minimum absolute atomic E-state index is 0.199. The molecule has 220 valence electrons. The Balaban J connectivity index is 1.31. The van der Waals surface area contributed by atoms with Gasteiger partial charge in [0.05, 0.1) is 22.5 Å². The van der Waals surface area contributed by atoms with Crippen molar-refractivity contribution in [3.05, 3.63) is 151 Å². The molecule has 1 aliphatic rings. The van der Waals surface area contributed by atoms with E-state index in [9.17, 15) is 0 Å². The van der Waals surface area contributed by atoms with Gasteiger partial charge in [0.25, 0.3) is 0 Å². The predicted molar refractivity (Wildman–Crippen MR) is 192 cm³/mol. The molecule has 1 aliphatic carbocycles. The van der Waals surface area contributed by atoms with Crippen LogP contribution < -0.4 is 0 Å². The fourth-order valence-corrected chi connectivity index (χ4v) is 6.61. The molecule has 2 heterocycles. The fourth-order valence-electron chi connectivity index (χ4n) is 6.61. The van der Waals surface area contributed by atoms with Crippen LogP contribution in [0.25, 0.3) is 78.5 Å². The summed E-state index contributed by atoms with van der Waals surface area (Å²) in [7, 11) is 0. The van der Waals surface area contributed by atoms with Gasteiger partial charge in [-0.05, 0) is 57.8 Å². The summed E-state index contributed by atoms with van der Waals surface area (Å²) in [6.07, 6.45) is 3.59. The Morgan fingerprint density at radius 1 is 0.468 bits per heavy atom. The molecule has 0 saturated carbocycles. The van der Waals surface area contributed by atoms with Crippen LogP contribution in [0.3, 0.4) is 0 Å². The van der Waals surface area contributed by atoms with Crippen molar-refractivity contribution >= 4 is 50.1 Å². The summed E-state index contributed by atoms with van der Waals surface area (Å²) in [5.41, 5.74) is 8.01. The second-order valence-corrected chi connectivity index (χ2v) is 11.7. The van der Waals surface area contributed by atoms with Crippen molar-refractivity contribution in [2.24, 2.45) is 0 Å². The summed E-state index contributed by atoms with van der Waals surface area (Å²) >= 11 is 0. The Morgan fingerprint density at radius 2 is 1.09 bits per heavy atom. The van der Waals surface area contributed by atoms with E-state index in [0.29, 0.717) is 17.6 Å². The quantitative estimate of drug-likeness (QED) is 0.210. The van der Waals surface area contributed by atoms with E-state index in [2.05, 4.69) is 71.3 Å². The van der Waals surface area contributed by atoms with Crippen LogP contribution in [-0.2, 0) is 0 Å². The van der Waals surface area contributed by atoms with E-state index in [1.54, 1.807) is 6.08 Å². The van der Waals surface area contributed by atoms with E-state index >= 15 is 0 Å². The number of allylic oxidation sites excluding steroid dienone is 1. The summed E-state index contributed by atoms with van der Waals surface area (Å²) in [5, 5.41) is 21.2. The molecule has 8 aromatic rings. The lowest BCUT2D eigenvalue weighted by Gasteiger charge is -2.16. The van der Waals surface area contributed by atoms with Crippen LogP contribution in [0, 0.1) is 10.8 Å². The first-order valence-corrected chi connectivity index (χ1v) is 15.5. The molecule has 0 aliphatic heterocycles. The molecule has 0 atom stereocenters. The van der Waals surface area contributed by atoms with Gasteiger partial charge in [0.15, 0.2) is 11.6 Å². The van der Waals surface area contributed by atoms with E-state index in [1.807, 2.05) is 72.8 Å². The van der Waals surface area contributed by atoms with Crippen molar-refractivity contribution < 1.29 is 0 Å². The smallest absolute Gasteiger partial charge is 0.238 e. The second-order valence-electron chi connectivity index (χ2n) is 11.7. The molecule has 9 rings (SSSR count). The summed E-state index contributed by atoms with van der Waals surface area (Å²) in [4.78, 5) is 15.4. The molecular weight excluding hydrogens is 576 g/mol. The zero-order chi connectivity index (χ0) is 31.5. The van der Waals surface area contributed by atoms with Crippen LogP contribution in [0.5, 0.6) is 0 Å². The molecular formula is C41H26N6. The largest absolute Gasteiger partial charge is 0.299 e. The number of fused-ring (bicyclic) bond motifs is 6. The fraction of sp³-hybridized carbons (Fsp3) is 0. The number of benzene rings is 6. The Labute approximate surface area is 270 Å². The van der Waals surface area contributed by atoms with Gasteiger partial charge in [-0.1, -0.05) is 115 Å². The maximum atomic E-state index is 8.73. The molecule has 0 radical (unpaired) electrons. The predicted octanol–water partition coefficient (Wildman–Crippen LogP) is 9.54. The van der Waals surface area contributed by atoms with E-state index in [4.69, 9.17) is 25.8 Å². The average molecular weight is 603 g/mol. The van der Waals surface area contributed by atoms with Crippen molar-refractivity contribution in [2.45, 2.75) is 0 Å². The molecule has 2 aromatic heterocycles. The first-order chi connectivity index (χ1) is 23.1. The number of nitrogens with zero attached hydrogens (tertiary/aromatic N) is 4. The molecule has 0 saturated heterocycles. The summed E-state index contributed by atoms with van der Waals surface area (Å²) in [6.45, 7) is 0. The molecule has 2 N–H and O–H groups in total. The zero-order valence-corrected chi connectivity index (χ0v) is 25.1. The highest BCUT2D eigenvalue weighted by Gasteiger charge is 2.21. The Hall–Kier alpha value is -6.53. The van der Waals surface area contributed by atoms with Crippen LogP contribution in [0.2, 0.25) is 0 Å². The molecule has 0 spiro atoms. The molecule has 0 bridgehead atoms. The van der Waals surface area contributed by atoms with Crippen LogP contribution in [0.4, 0.5) is 0 Å². The van der Waals surface area contributed by atoms with Gasteiger partial charge in [-0.3, -0.25) is 15.4 Å². The zero-order valence-electron chi connectivity index (χ0n) is 25.1. The number of para-hydroxylation sites is 2. The monoisotopic (exact) mass is 602 g/mol. The van der Waals surface area contributed by atoms with Gasteiger partial charge in [-0.2, -0.15) is 9.97 Å². The Morgan fingerprint density at radius 3 is 1.83 bits per heavy atom. The van der Waals surface area contributed by atoms with Crippen molar-refractivity contribution in [3.63, 3.8) is 0 Å². The van der Waals surface area contributed by atoms with Gasteiger partial charge >= 0.3 is 0 Å². The van der Waals surface area contributed by atoms with E-state index < -0.39 is 0 Å². The topological polar surface area (TPSA) is 91.3 Å². The SMILES string of the molecule is N=C1C=Cc2ccc3ccc(-c4nc(-c5cccc(-c6ccccc6)c5)nc(-n5c6ccccc6c6ccccc65)n4)cc3c2C1=N. The number of nitrogens with one attached hydrogen (secondary N) is 2. The van der Waals surface area contributed by atoms with Gasteiger partial charge in [0.2, 0.25) is 5.95 Å². The molecule has 0 unspecified atom stereocenters. The second kappa shape index (κ2) is 10.5. The van der Waals surface area contributed by atoms with Crippen LogP contribution in [-0.4, -0.2) is 30.9 Å². The highest BCUT2D eigenvalue weighted by Crippen LogP contribution is 2.34. The van der Waals surface area contributed by atoms with Crippen LogP contribution in [0.1, 0.15) is 11.1 Å². The van der Waals surface area contributed by atoms with Crippen molar-refractivity contribution in [3.8, 4) is 39.9 Å². The van der Waals surface area contributed by atoms with E-state index in [0.717, 1.165) is 66.0 Å². The standard InChI is InChI=1S/C41H26N6/c42-34-22-21-27-19-17-26-18-20-30(24-33(26)37(27)38(34)43)40-44-39(29-12-8-11-28(23-29)25-9-2-1-3-10-25)45-41(46-40)47-35-15-6-4-13-31(35)32-14-5-7-16-36(32)47/h1-24,42-43H. The first-order valence-electron chi connectivity index (χ1n) is 15.5. The van der Waals surface area contributed by atoms with Crippen LogP contribution in [0.15, 0.2) is 140 Å². The molecule has 0 amide bonds. The summed E-state index contributed by atoms with van der Waals surface area (Å²) < 4.78 is 2.12. The lowest BCUT2D eigenvalue weighted by Crippen LogP contribution is -2.16. The van der Waals surface area contributed by atoms with Gasteiger partial charge in [0.1, 0.15) is 0 Å². The molecule has 6 aromatic carbocycles. The first kappa shape index (κ1) is 26.8. The lowest BCUT2D eigenvalue weighted by atomic mass is 9.89. The average Bonchev–Trinajstić information content (AvgIpc) is 3.47. The molecule has 6 nitrogen and oxygen atoms in total. The third-order valence-electron chi connectivity index (χ3n) is 8.89. The van der Waals surface area contributed by atoms with Gasteiger partial charge in [0, 0.05) is 27.5 Å². The maximum Gasteiger partial charge on any atom is 0.238 e. The van der Waals surface area contributed by atoms with Gasteiger partial charge in [-0.25, -0.2) is 4.98 Å². The minimum atomic E-state index is 0.199. The molecule has 6 heteroatoms. The highest BCUT2D eigenvalue weighted by atomic mass is 15.2. The summed E-state index contributed by atoms with van der Waals surface area (Å²) in [6, 6.07) is 45.4. The van der Waals surface area contributed by atoms with Crippen LogP contribution >= 0.6 is 0 Å². The molecule has 47 heavy (non-hydrogen) atoms. The van der Waals surface area contributed by atoms with E-state index in [1.165, 1.54) is 0 Å². The number of rotatable bonds is 4. The molecule has 0 fully saturated rings. The van der Waals surface area contributed by atoms with Crippen molar-refractivity contribution in [1.29, 1.82) is 10.8 Å². The maximum absolute atomic E-state index is 8.73. The van der Waals surface area contributed by atoms with Crippen molar-refractivity contribution in [1.82, 2.24) is 19.5 Å². The number of hydrogen-bond acceptors (Lipinski definition) is 5. The number of aromatic nitrogens is 4. The highest BCUT2D eigenvalue weighted by molar-refractivity contribution is 6.53. The Kier molecular flexibility index (Phi) is 6.01. The third-order valence-corrected chi connectivity index (χ3v) is 8.89. The minimum Gasteiger partial charge on any atom is -0.299 e. The van der Waals surface area contributed by atoms with Crippen molar-refractivity contribution in [2.75, 3.05) is 0 Å². The number of hydrogen-bond donors (Lipinski definition) is 2. The van der Waals surface area contributed by atoms with E-state index in [-0.39, 0.29) is 11.4 Å². The van der Waals surface area contributed by atoms with Gasteiger partial charge in [-0.15, -0.1) is 0 Å². The lowest BCUT2D eigenvalue weighted by molar-refractivity contribution is 0.954. The Bertz CT molecular complexity index is 2560. The normalized spacial score (nSPS) is 12.7. The summed E-state index contributed by atoms with van der Waals surface area (Å²) in [5.74, 6) is 1.63. The third kappa shape index (κ3) is 4.38. The van der Waals surface area contributed by atoms with Gasteiger partial charge < -0.3 is 0 Å².